The fraction of sp³-hybridized carbons (Fsp3) is 0.909. The second-order valence-corrected chi connectivity index (χ2v) is 3.95. The second kappa shape index (κ2) is 6.02. The zero-order valence-electron chi connectivity index (χ0n) is 9.38. The summed E-state index contributed by atoms with van der Waals surface area (Å²) in [6, 6.07) is 0.467. The van der Waals surface area contributed by atoms with Gasteiger partial charge >= 0.3 is 0 Å². The number of carbonyl (C=O) groups excluding carboxylic acids is 1. The third-order valence-electron chi connectivity index (χ3n) is 2.86. The molecule has 3 nitrogen and oxygen atoms in total. The lowest BCUT2D eigenvalue weighted by Crippen LogP contribution is -2.58. The molecule has 0 unspecified atom stereocenters. The van der Waals surface area contributed by atoms with E-state index in [1.165, 1.54) is 12.8 Å². The van der Waals surface area contributed by atoms with E-state index in [1.54, 1.807) is 0 Å². The van der Waals surface area contributed by atoms with Crippen LogP contribution < -0.4 is 5.32 Å². The van der Waals surface area contributed by atoms with Gasteiger partial charge in [-0.05, 0) is 13.3 Å². The van der Waals surface area contributed by atoms with Crippen LogP contribution in [0.2, 0.25) is 0 Å². The average molecular weight is 198 g/mol. The molecule has 1 heterocycles. The van der Waals surface area contributed by atoms with E-state index < -0.39 is 0 Å². The van der Waals surface area contributed by atoms with Crippen LogP contribution in [0, 0.1) is 0 Å². The molecule has 0 aromatic rings. The van der Waals surface area contributed by atoms with Crippen LogP contribution in [0.25, 0.3) is 0 Å². The molecule has 1 amide bonds. The maximum atomic E-state index is 11.8. The van der Waals surface area contributed by atoms with Crippen molar-refractivity contribution in [3.05, 3.63) is 0 Å². The van der Waals surface area contributed by atoms with Crippen LogP contribution in [0.4, 0.5) is 0 Å². The zero-order valence-corrected chi connectivity index (χ0v) is 9.38. The van der Waals surface area contributed by atoms with Crippen molar-refractivity contribution < 1.29 is 4.79 Å². The fourth-order valence-electron chi connectivity index (χ4n) is 1.80. The van der Waals surface area contributed by atoms with E-state index in [0.29, 0.717) is 11.9 Å². The van der Waals surface area contributed by atoms with E-state index in [1.807, 2.05) is 4.90 Å². The first-order valence-electron chi connectivity index (χ1n) is 5.79. The van der Waals surface area contributed by atoms with Gasteiger partial charge in [0.15, 0.2) is 0 Å². The Kier molecular flexibility index (Phi) is 4.94. The largest absolute Gasteiger partial charge is 0.337 e. The lowest BCUT2D eigenvalue weighted by atomic mass is 10.1. The third-order valence-corrected chi connectivity index (χ3v) is 2.86. The molecule has 0 aromatic carbocycles. The Bertz CT molecular complexity index is 178. The van der Waals surface area contributed by atoms with Crippen molar-refractivity contribution in [2.24, 2.45) is 0 Å². The van der Waals surface area contributed by atoms with Crippen LogP contribution in [-0.4, -0.2) is 36.5 Å². The van der Waals surface area contributed by atoms with Gasteiger partial charge in [-0.3, -0.25) is 4.79 Å². The lowest BCUT2D eigenvalue weighted by molar-refractivity contribution is -0.134. The number of amides is 1. The second-order valence-electron chi connectivity index (χ2n) is 3.95. The molecule has 1 saturated heterocycles. The van der Waals surface area contributed by atoms with E-state index in [2.05, 4.69) is 19.2 Å². The predicted molar refractivity (Wildman–Crippen MR) is 58.2 cm³/mol. The van der Waals surface area contributed by atoms with E-state index in [9.17, 15) is 4.79 Å². The van der Waals surface area contributed by atoms with Crippen molar-refractivity contribution in [3.8, 4) is 0 Å². The lowest BCUT2D eigenvalue weighted by Gasteiger charge is -2.37. The summed E-state index contributed by atoms with van der Waals surface area (Å²) in [7, 11) is 0. The Morgan fingerprint density at radius 1 is 1.36 bits per heavy atom. The molecule has 0 aromatic heterocycles. The van der Waals surface area contributed by atoms with E-state index >= 15 is 0 Å². The van der Waals surface area contributed by atoms with Gasteiger partial charge in [0.05, 0.1) is 6.04 Å². The number of carbonyl (C=O) groups is 1. The highest BCUT2D eigenvalue weighted by atomic mass is 16.2. The average Bonchev–Trinajstić information content (AvgIpc) is 2.11. The van der Waals surface area contributed by atoms with Crippen molar-refractivity contribution in [3.63, 3.8) is 0 Å². The van der Waals surface area contributed by atoms with Crippen LogP contribution in [0.3, 0.4) is 0 Å². The first-order valence-corrected chi connectivity index (χ1v) is 5.79. The van der Waals surface area contributed by atoms with Gasteiger partial charge in [-0.1, -0.05) is 19.8 Å². The van der Waals surface area contributed by atoms with E-state index in [4.69, 9.17) is 0 Å². The molecule has 0 atom stereocenters. The van der Waals surface area contributed by atoms with Crippen molar-refractivity contribution in [1.29, 1.82) is 0 Å². The standard InChI is InChI=1S/C11H22N2O/c1-3-5-6-7-11(14)13(4-2)10-8-12-9-10/h10,12H,3-9H2,1-2H3. The minimum Gasteiger partial charge on any atom is -0.337 e. The maximum Gasteiger partial charge on any atom is 0.222 e. The van der Waals surface area contributed by atoms with Crippen molar-refractivity contribution in [1.82, 2.24) is 10.2 Å². The summed E-state index contributed by atoms with van der Waals surface area (Å²) in [5.41, 5.74) is 0. The van der Waals surface area contributed by atoms with Crippen molar-refractivity contribution in [2.75, 3.05) is 19.6 Å². The van der Waals surface area contributed by atoms with Gasteiger partial charge in [0.25, 0.3) is 0 Å². The van der Waals surface area contributed by atoms with Gasteiger partial charge in [-0.2, -0.15) is 0 Å². The Morgan fingerprint density at radius 2 is 2.07 bits per heavy atom. The van der Waals surface area contributed by atoms with Crippen LogP contribution in [-0.2, 0) is 4.79 Å². The number of nitrogens with one attached hydrogen (secondary N) is 1. The number of likely N-dealkylation sites (N-methyl/N-ethyl adjacent to an activating group) is 1. The Morgan fingerprint density at radius 3 is 2.50 bits per heavy atom. The molecule has 1 fully saturated rings. The van der Waals surface area contributed by atoms with Crippen LogP contribution in [0.1, 0.15) is 39.5 Å². The number of nitrogens with zero attached hydrogens (tertiary/aromatic N) is 1. The maximum absolute atomic E-state index is 11.8. The highest BCUT2D eigenvalue weighted by Gasteiger charge is 2.26. The summed E-state index contributed by atoms with van der Waals surface area (Å²) < 4.78 is 0. The number of hydrogen-bond acceptors (Lipinski definition) is 2. The number of hydrogen-bond donors (Lipinski definition) is 1. The summed E-state index contributed by atoms with van der Waals surface area (Å²) in [6.45, 7) is 7.05. The van der Waals surface area contributed by atoms with Gasteiger partial charge in [-0.25, -0.2) is 0 Å². The van der Waals surface area contributed by atoms with Gasteiger partial charge in [0.1, 0.15) is 0 Å². The minimum absolute atomic E-state index is 0.340. The monoisotopic (exact) mass is 198 g/mol. The Balaban J connectivity index is 2.24. The summed E-state index contributed by atoms with van der Waals surface area (Å²) in [4.78, 5) is 13.8. The minimum atomic E-state index is 0.340. The Labute approximate surface area is 86.9 Å². The SMILES string of the molecule is CCCCCC(=O)N(CC)C1CNC1. The van der Waals surface area contributed by atoms with Gasteiger partial charge < -0.3 is 10.2 Å². The highest BCUT2D eigenvalue weighted by Crippen LogP contribution is 2.09. The summed E-state index contributed by atoms with van der Waals surface area (Å²) in [5.74, 6) is 0.340. The van der Waals surface area contributed by atoms with E-state index in [-0.39, 0.29) is 0 Å². The van der Waals surface area contributed by atoms with Gasteiger partial charge in [0.2, 0.25) is 5.91 Å². The molecule has 0 radical (unpaired) electrons. The summed E-state index contributed by atoms with van der Waals surface area (Å²) in [6.07, 6.45) is 4.14. The first kappa shape index (κ1) is 11.5. The fourth-order valence-corrected chi connectivity index (χ4v) is 1.80. The van der Waals surface area contributed by atoms with Crippen LogP contribution in [0.15, 0.2) is 0 Å². The van der Waals surface area contributed by atoms with Gasteiger partial charge in [-0.15, -0.1) is 0 Å². The molecule has 82 valence electrons. The van der Waals surface area contributed by atoms with Crippen molar-refractivity contribution in [2.45, 2.75) is 45.6 Å². The molecule has 1 aliphatic rings. The highest BCUT2D eigenvalue weighted by molar-refractivity contribution is 5.76. The molecule has 0 spiro atoms. The molecule has 0 aliphatic carbocycles. The van der Waals surface area contributed by atoms with Crippen LogP contribution >= 0.6 is 0 Å². The topological polar surface area (TPSA) is 32.3 Å². The van der Waals surface area contributed by atoms with E-state index in [0.717, 1.165) is 32.5 Å². The van der Waals surface area contributed by atoms with Gasteiger partial charge in [0, 0.05) is 26.1 Å². The quantitative estimate of drug-likeness (QED) is 0.654. The normalized spacial score (nSPS) is 16.4. The molecule has 0 saturated carbocycles. The molecule has 14 heavy (non-hydrogen) atoms. The molecular weight excluding hydrogens is 176 g/mol. The molecule has 1 rings (SSSR count). The molecule has 1 N–H and O–H groups in total. The summed E-state index contributed by atoms with van der Waals surface area (Å²) in [5, 5.41) is 3.20. The third kappa shape index (κ3) is 2.98. The molecule has 3 heteroatoms. The smallest absolute Gasteiger partial charge is 0.222 e. The number of rotatable bonds is 6. The summed E-state index contributed by atoms with van der Waals surface area (Å²) >= 11 is 0. The number of unbranched alkanes of at least 4 members (excludes halogenated alkanes) is 2. The predicted octanol–water partition coefficient (Wildman–Crippen LogP) is 1.39. The molecule has 1 aliphatic heterocycles. The molecular formula is C11H22N2O. The van der Waals surface area contributed by atoms with Crippen LogP contribution in [0.5, 0.6) is 0 Å². The Hall–Kier alpha value is -0.570. The zero-order chi connectivity index (χ0) is 10.4. The molecule has 0 bridgehead atoms. The first-order chi connectivity index (χ1) is 6.79. The van der Waals surface area contributed by atoms with Crippen molar-refractivity contribution >= 4 is 5.91 Å².